The molecule has 0 spiro atoms. The summed E-state index contributed by atoms with van der Waals surface area (Å²) in [4.78, 5) is 8.38. The first-order valence-corrected chi connectivity index (χ1v) is 5.38. The number of rotatable bonds is 3. The molecule has 0 amide bonds. The van der Waals surface area contributed by atoms with E-state index in [1.165, 1.54) is 0 Å². The summed E-state index contributed by atoms with van der Waals surface area (Å²) >= 11 is 0. The van der Waals surface area contributed by atoms with Gasteiger partial charge < -0.3 is 5.32 Å². The molecule has 3 heteroatoms. The maximum absolute atomic E-state index is 4.27. The Hall–Kier alpha value is -1.90. The van der Waals surface area contributed by atoms with Crippen LogP contribution in [0.15, 0.2) is 42.9 Å². The van der Waals surface area contributed by atoms with Crippen molar-refractivity contribution in [2.24, 2.45) is 0 Å². The van der Waals surface area contributed by atoms with Gasteiger partial charge in [0, 0.05) is 30.2 Å². The number of aromatic nitrogens is 2. The van der Waals surface area contributed by atoms with Crippen LogP contribution in [0.2, 0.25) is 0 Å². The largest absolute Gasteiger partial charge is 0.368 e. The van der Waals surface area contributed by atoms with E-state index in [0.717, 1.165) is 16.9 Å². The molecule has 2 aromatic rings. The molecular weight excluding hydrogens is 198 g/mol. The zero-order valence-corrected chi connectivity index (χ0v) is 9.51. The Labute approximate surface area is 95.6 Å². The number of nitrogens with one attached hydrogen (secondary N) is 1. The Morgan fingerprint density at radius 2 is 2.00 bits per heavy atom. The van der Waals surface area contributed by atoms with Crippen LogP contribution >= 0.6 is 0 Å². The lowest BCUT2D eigenvalue weighted by Crippen LogP contribution is -2.10. The summed E-state index contributed by atoms with van der Waals surface area (Å²) in [7, 11) is 0. The fourth-order valence-corrected chi connectivity index (χ4v) is 1.52. The molecule has 0 radical (unpaired) electrons. The highest BCUT2D eigenvalue weighted by Crippen LogP contribution is 2.20. The summed E-state index contributed by atoms with van der Waals surface area (Å²) in [6.07, 6.45) is 5.44. The molecule has 0 bridgehead atoms. The van der Waals surface area contributed by atoms with Crippen molar-refractivity contribution in [3.8, 4) is 11.1 Å². The Morgan fingerprint density at radius 3 is 2.69 bits per heavy atom. The summed E-state index contributed by atoms with van der Waals surface area (Å²) in [5.74, 6) is 0.899. The monoisotopic (exact) mass is 213 g/mol. The minimum Gasteiger partial charge on any atom is -0.368 e. The van der Waals surface area contributed by atoms with Gasteiger partial charge in [-0.05, 0) is 37.6 Å². The highest BCUT2D eigenvalue weighted by atomic mass is 15.0. The zero-order valence-electron chi connectivity index (χ0n) is 9.51. The molecule has 0 saturated heterocycles. The standard InChI is InChI=1S/C13H15N3/c1-10(2)16-13-8-11(5-7-15-13)12-4-3-6-14-9-12/h3-10H,1-2H3,(H,15,16). The first-order valence-electron chi connectivity index (χ1n) is 5.38. The van der Waals surface area contributed by atoms with Crippen molar-refractivity contribution in [3.05, 3.63) is 42.9 Å². The molecule has 2 aromatic heterocycles. The van der Waals surface area contributed by atoms with Gasteiger partial charge in [-0.1, -0.05) is 6.07 Å². The van der Waals surface area contributed by atoms with Crippen LogP contribution in [0.3, 0.4) is 0 Å². The Balaban J connectivity index is 2.29. The summed E-state index contributed by atoms with van der Waals surface area (Å²) in [6, 6.07) is 8.39. The van der Waals surface area contributed by atoms with Crippen LogP contribution in [0.25, 0.3) is 11.1 Å². The van der Waals surface area contributed by atoms with Crippen LogP contribution in [0.5, 0.6) is 0 Å². The number of anilines is 1. The van der Waals surface area contributed by atoms with E-state index >= 15 is 0 Å². The van der Waals surface area contributed by atoms with E-state index in [1.807, 2.05) is 36.7 Å². The fourth-order valence-electron chi connectivity index (χ4n) is 1.52. The van der Waals surface area contributed by atoms with Crippen LogP contribution < -0.4 is 5.32 Å². The predicted molar refractivity (Wildman–Crippen MR) is 66.2 cm³/mol. The molecule has 2 heterocycles. The van der Waals surface area contributed by atoms with Crippen LogP contribution in [0.1, 0.15) is 13.8 Å². The average molecular weight is 213 g/mol. The van der Waals surface area contributed by atoms with Gasteiger partial charge in [0.05, 0.1) is 0 Å². The molecule has 0 aliphatic rings. The molecule has 2 rings (SSSR count). The first-order chi connectivity index (χ1) is 7.75. The summed E-state index contributed by atoms with van der Waals surface area (Å²) in [6.45, 7) is 4.19. The van der Waals surface area contributed by atoms with Crippen LogP contribution in [0, 0.1) is 0 Å². The summed E-state index contributed by atoms with van der Waals surface area (Å²) in [5, 5.41) is 3.28. The van der Waals surface area contributed by atoms with E-state index in [1.54, 1.807) is 6.20 Å². The van der Waals surface area contributed by atoms with Crippen LogP contribution in [-0.4, -0.2) is 16.0 Å². The fraction of sp³-hybridized carbons (Fsp3) is 0.231. The van der Waals surface area contributed by atoms with Gasteiger partial charge in [-0.25, -0.2) is 4.98 Å². The maximum atomic E-state index is 4.27. The third-order valence-electron chi connectivity index (χ3n) is 2.19. The van der Waals surface area contributed by atoms with Crippen molar-refractivity contribution >= 4 is 5.82 Å². The highest BCUT2D eigenvalue weighted by Gasteiger charge is 2.00. The van der Waals surface area contributed by atoms with Gasteiger partial charge in [0.15, 0.2) is 0 Å². The van der Waals surface area contributed by atoms with E-state index in [2.05, 4.69) is 29.1 Å². The molecule has 0 saturated carbocycles. The quantitative estimate of drug-likeness (QED) is 0.851. The third-order valence-corrected chi connectivity index (χ3v) is 2.19. The van der Waals surface area contributed by atoms with Gasteiger partial charge in [0.25, 0.3) is 0 Å². The first kappa shape index (κ1) is 10.6. The van der Waals surface area contributed by atoms with E-state index < -0.39 is 0 Å². The van der Waals surface area contributed by atoms with Gasteiger partial charge in [-0.2, -0.15) is 0 Å². The molecule has 0 unspecified atom stereocenters. The molecule has 0 aliphatic heterocycles. The molecule has 3 nitrogen and oxygen atoms in total. The minimum atomic E-state index is 0.386. The second-order valence-electron chi connectivity index (χ2n) is 3.97. The molecule has 16 heavy (non-hydrogen) atoms. The van der Waals surface area contributed by atoms with Crippen molar-refractivity contribution in [1.82, 2.24) is 9.97 Å². The van der Waals surface area contributed by atoms with Crippen molar-refractivity contribution in [2.75, 3.05) is 5.32 Å². The van der Waals surface area contributed by atoms with Gasteiger partial charge in [0.1, 0.15) is 5.82 Å². The lowest BCUT2D eigenvalue weighted by atomic mass is 10.1. The van der Waals surface area contributed by atoms with E-state index in [9.17, 15) is 0 Å². The number of hydrogen-bond donors (Lipinski definition) is 1. The maximum Gasteiger partial charge on any atom is 0.126 e. The van der Waals surface area contributed by atoms with Crippen LogP contribution in [0.4, 0.5) is 5.82 Å². The molecule has 0 aliphatic carbocycles. The lowest BCUT2D eigenvalue weighted by Gasteiger charge is -2.09. The van der Waals surface area contributed by atoms with E-state index in [0.29, 0.717) is 6.04 Å². The molecule has 82 valence electrons. The molecule has 0 atom stereocenters. The van der Waals surface area contributed by atoms with Gasteiger partial charge in [-0.3, -0.25) is 4.98 Å². The van der Waals surface area contributed by atoms with E-state index in [-0.39, 0.29) is 0 Å². The smallest absolute Gasteiger partial charge is 0.126 e. The second kappa shape index (κ2) is 4.75. The van der Waals surface area contributed by atoms with Crippen molar-refractivity contribution in [2.45, 2.75) is 19.9 Å². The number of nitrogens with zero attached hydrogens (tertiary/aromatic N) is 2. The Kier molecular flexibility index (Phi) is 3.15. The molecule has 0 fully saturated rings. The average Bonchev–Trinajstić information content (AvgIpc) is 2.30. The Morgan fingerprint density at radius 1 is 1.12 bits per heavy atom. The van der Waals surface area contributed by atoms with Crippen molar-refractivity contribution in [3.63, 3.8) is 0 Å². The van der Waals surface area contributed by atoms with Crippen LogP contribution in [-0.2, 0) is 0 Å². The van der Waals surface area contributed by atoms with Gasteiger partial charge in [0.2, 0.25) is 0 Å². The summed E-state index contributed by atoms with van der Waals surface area (Å²) in [5.41, 5.74) is 2.24. The van der Waals surface area contributed by atoms with Crippen molar-refractivity contribution < 1.29 is 0 Å². The zero-order chi connectivity index (χ0) is 11.4. The summed E-state index contributed by atoms with van der Waals surface area (Å²) < 4.78 is 0. The van der Waals surface area contributed by atoms with Crippen molar-refractivity contribution in [1.29, 1.82) is 0 Å². The third kappa shape index (κ3) is 2.57. The molecular formula is C13H15N3. The minimum absolute atomic E-state index is 0.386. The van der Waals surface area contributed by atoms with Gasteiger partial charge >= 0.3 is 0 Å². The highest BCUT2D eigenvalue weighted by molar-refractivity contribution is 5.65. The van der Waals surface area contributed by atoms with E-state index in [4.69, 9.17) is 0 Å². The normalized spacial score (nSPS) is 10.4. The second-order valence-corrected chi connectivity index (χ2v) is 3.97. The molecule has 0 aromatic carbocycles. The topological polar surface area (TPSA) is 37.8 Å². The number of pyridine rings is 2. The predicted octanol–water partition coefficient (Wildman–Crippen LogP) is 2.96. The van der Waals surface area contributed by atoms with Gasteiger partial charge in [-0.15, -0.1) is 0 Å². The molecule has 1 N–H and O–H groups in total. The lowest BCUT2D eigenvalue weighted by molar-refractivity contribution is 0.889. The SMILES string of the molecule is CC(C)Nc1cc(-c2cccnc2)ccn1. The Bertz CT molecular complexity index is 452. The number of hydrogen-bond acceptors (Lipinski definition) is 3.